The number of carbonyl (C=O) groups is 1. The van der Waals surface area contributed by atoms with Crippen LogP contribution in [0.4, 0.5) is 0 Å². The number of esters is 1. The van der Waals surface area contributed by atoms with Crippen LogP contribution < -0.4 is 0 Å². The number of fused-ring (bicyclic) bond motifs is 1. The Morgan fingerprint density at radius 3 is 2.88 bits per heavy atom. The zero-order valence-electron chi connectivity index (χ0n) is 9.53. The summed E-state index contributed by atoms with van der Waals surface area (Å²) in [6.07, 6.45) is 3.09. The normalized spacial score (nSPS) is 15.8. The average Bonchev–Trinajstić information content (AvgIpc) is 2.68. The zero-order valence-corrected chi connectivity index (χ0v) is 11.1. The van der Waals surface area contributed by atoms with Crippen molar-refractivity contribution in [2.75, 3.05) is 7.11 Å². The van der Waals surface area contributed by atoms with Gasteiger partial charge in [0.1, 0.15) is 0 Å². The molecule has 1 heterocycles. The maximum Gasteiger partial charge on any atom is 0.334 e. The third kappa shape index (κ3) is 2.00. The molecule has 0 saturated carbocycles. The summed E-state index contributed by atoms with van der Waals surface area (Å²) in [4.78, 5) is 15.7. The van der Waals surface area contributed by atoms with Crippen LogP contribution in [0.3, 0.4) is 0 Å². The predicted molar refractivity (Wildman–Crippen MR) is 66.3 cm³/mol. The Kier molecular flexibility index (Phi) is 3.31. The first kappa shape index (κ1) is 12.3. The summed E-state index contributed by atoms with van der Waals surface area (Å²) in [6, 6.07) is 0. The van der Waals surface area contributed by atoms with E-state index >= 15 is 0 Å². The molecule has 0 saturated heterocycles. The lowest BCUT2D eigenvalue weighted by molar-refractivity contribution is -0.136. The van der Waals surface area contributed by atoms with Crippen LogP contribution in [0.5, 0.6) is 0 Å². The van der Waals surface area contributed by atoms with Crippen molar-refractivity contribution in [3.8, 4) is 0 Å². The van der Waals surface area contributed by atoms with Crippen LogP contribution in [0.15, 0.2) is 22.4 Å². The minimum absolute atomic E-state index is 0.399. The topological polar surface area (TPSA) is 59.4 Å². The fourth-order valence-corrected chi connectivity index (χ4v) is 2.56. The molecule has 1 aromatic heterocycles. The van der Waals surface area contributed by atoms with Crippen LogP contribution in [0.1, 0.15) is 18.1 Å². The van der Waals surface area contributed by atoms with Crippen LogP contribution in [-0.2, 0) is 16.0 Å². The monoisotopic (exact) mass is 297 g/mol. The quantitative estimate of drug-likeness (QED) is 0.844. The number of aliphatic hydroxyl groups excluding tert-OH is 1. The molecule has 0 aliphatic heterocycles. The van der Waals surface area contributed by atoms with Crippen LogP contribution in [0.2, 0.25) is 0 Å². The van der Waals surface area contributed by atoms with Crippen molar-refractivity contribution in [3.05, 3.63) is 33.6 Å². The van der Waals surface area contributed by atoms with E-state index in [0.717, 1.165) is 15.6 Å². The van der Waals surface area contributed by atoms with Crippen molar-refractivity contribution in [1.82, 2.24) is 4.98 Å². The van der Waals surface area contributed by atoms with Gasteiger partial charge in [0.2, 0.25) is 0 Å². The van der Waals surface area contributed by atoms with Crippen molar-refractivity contribution < 1.29 is 14.6 Å². The lowest BCUT2D eigenvalue weighted by Crippen LogP contribution is -2.11. The van der Waals surface area contributed by atoms with Gasteiger partial charge in [0.25, 0.3) is 0 Å². The van der Waals surface area contributed by atoms with E-state index in [4.69, 9.17) is 4.74 Å². The smallest absolute Gasteiger partial charge is 0.334 e. The van der Waals surface area contributed by atoms with E-state index in [1.54, 1.807) is 19.3 Å². The molecule has 0 bridgehead atoms. The van der Waals surface area contributed by atoms with Gasteiger partial charge in [0.05, 0.1) is 13.2 Å². The van der Waals surface area contributed by atoms with E-state index in [2.05, 4.69) is 20.9 Å². The summed E-state index contributed by atoms with van der Waals surface area (Å²) in [6.45, 7) is 1.63. The lowest BCUT2D eigenvalue weighted by Gasteiger charge is -2.10. The molecule has 5 heteroatoms. The molecule has 90 valence electrons. The van der Waals surface area contributed by atoms with Gasteiger partial charge in [-0.3, -0.25) is 4.98 Å². The minimum Gasteiger partial charge on any atom is -0.466 e. The van der Waals surface area contributed by atoms with E-state index < -0.39 is 12.1 Å². The molecule has 1 atom stereocenters. The van der Waals surface area contributed by atoms with Crippen LogP contribution in [0.25, 0.3) is 5.57 Å². The number of ether oxygens (including phenoxy) is 1. The zero-order chi connectivity index (χ0) is 12.6. The fraction of sp³-hybridized carbons (Fsp3) is 0.333. The molecular weight excluding hydrogens is 286 g/mol. The van der Waals surface area contributed by atoms with Crippen molar-refractivity contribution in [3.63, 3.8) is 0 Å². The number of methoxy groups -OCH3 is 1. The highest BCUT2D eigenvalue weighted by Crippen LogP contribution is 2.38. The number of aliphatic hydroxyl groups is 1. The molecule has 1 aromatic rings. The van der Waals surface area contributed by atoms with Gasteiger partial charge in [-0.25, -0.2) is 4.79 Å². The first-order valence-electron chi connectivity index (χ1n) is 5.18. The van der Waals surface area contributed by atoms with Gasteiger partial charge in [0.15, 0.2) is 0 Å². The number of aromatic nitrogens is 1. The first-order valence-corrected chi connectivity index (χ1v) is 5.97. The summed E-state index contributed by atoms with van der Waals surface area (Å²) in [5.74, 6) is -0.399. The first-order chi connectivity index (χ1) is 8.06. The number of halogens is 1. The van der Waals surface area contributed by atoms with Gasteiger partial charge in [-0.15, -0.1) is 0 Å². The Morgan fingerprint density at radius 1 is 1.59 bits per heavy atom. The molecule has 0 unspecified atom stereocenters. The number of hydrogen-bond donors (Lipinski definition) is 1. The number of nitrogens with zero attached hydrogens (tertiary/aromatic N) is 1. The number of hydrogen-bond acceptors (Lipinski definition) is 4. The fourth-order valence-electron chi connectivity index (χ4n) is 2.09. The summed E-state index contributed by atoms with van der Waals surface area (Å²) < 4.78 is 5.58. The molecule has 1 aliphatic rings. The summed E-state index contributed by atoms with van der Waals surface area (Å²) in [7, 11) is 1.34. The summed E-state index contributed by atoms with van der Waals surface area (Å²) in [5.41, 5.74) is 2.90. The van der Waals surface area contributed by atoms with Crippen LogP contribution >= 0.6 is 15.9 Å². The second-order valence-electron chi connectivity index (χ2n) is 3.88. The van der Waals surface area contributed by atoms with Gasteiger partial charge in [-0.2, -0.15) is 0 Å². The molecule has 0 amide bonds. The Labute approximate surface area is 107 Å². The largest absolute Gasteiger partial charge is 0.466 e. The second kappa shape index (κ2) is 4.58. The maximum absolute atomic E-state index is 11.7. The summed E-state index contributed by atoms with van der Waals surface area (Å²) in [5, 5.41) is 9.80. The molecule has 1 N–H and O–H groups in total. The third-order valence-electron chi connectivity index (χ3n) is 2.82. The Balaban J connectivity index is 2.58. The predicted octanol–water partition coefficient (Wildman–Crippen LogP) is 1.71. The highest BCUT2D eigenvalue weighted by molar-refractivity contribution is 9.10. The lowest BCUT2D eigenvalue weighted by atomic mass is 10.0. The Bertz CT molecular complexity index is 508. The van der Waals surface area contributed by atoms with Gasteiger partial charge in [-0.1, -0.05) is 0 Å². The SMILES string of the molecule is COC(=O)C1=C([C@@H](C)O)c2cncc(Br)c2C1. The number of pyridine rings is 1. The number of carbonyl (C=O) groups excluding carboxylic acids is 1. The van der Waals surface area contributed by atoms with E-state index in [9.17, 15) is 9.90 Å². The Hall–Kier alpha value is -1.20. The third-order valence-corrected chi connectivity index (χ3v) is 3.51. The van der Waals surface area contributed by atoms with Crippen molar-refractivity contribution in [1.29, 1.82) is 0 Å². The summed E-state index contributed by atoms with van der Waals surface area (Å²) >= 11 is 3.40. The van der Waals surface area contributed by atoms with Gasteiger partial charge in [-0.05, 0) is 28.4 Å². The van der Waals surface area contributed by atoms with Crippen molar-refractivity contribution >= 4 is 27.5 Å². The second-order valence-corrected chi connectivity index (χ2v) is 4.74. The maximum atomic E-state index is 11.7. The van der Waals surface area contributed by atoms with Gasteiger partial charge in [0, 0.05) is 40.0 Å². The highest BCUT2D eigenvalue weighted by atomic mass is 79.9. The van der Waals surface area contributed by atoms with E-state index in [1.807, 2.05) is 0 Å². The van der Waals surface area contributed by atoms with Gasteiger partial charge < -0.3 is 9.84 Å². The highest BCUT2D eigenvalue weighted by Gasteiger charge is 2.30. The molecule has 0 radical (unpaired) electrons. The Morgan fingerprint density at radius 2 is 2.29 bits per heavy atom. The number of rotatable bonds is 2. The molecule has 2 rings (SSSR count). The van der Waals surface area contributed by atoms with E-state index in [0.29, 0.717) is 17.6 Å². The van der Waals surface area contributed by atoms with Crippen LogP contribution in [0, 0.1) is 0 Å². The molecule has 0 aromatic carbocycles. The van der Waals surface area contributed by atoms with Crippen molar-refractivity contribution in [2.45, 2.75) is 19.4 Å². The molecule has 4 nitrogen and oxygen atoms in total. The van der Waals surface area contributed by atoms with Crippen molar-refractivity contribution in [2.24, 2.45) is 0 Å². The minimum atomic E-state index is -0.721. The molecular formula is C12H12BrNO3. The molecule has 0 fully saturated rings. The van der Waals surface area contributed by atoms with Crippen LogP contribution in [-0.4, -0.2) is 29.3 Å². The van der Waals surface area contributed by atoms with Gasteiger partial charge >= 0.3 is 5.97 Å². The van der Waals surface area contributed by atoms with E-state index in [-0.39, 0.29) is 0 Å². The van der Waals surface area contributed by atoms with E-state index in [1.165, 1.54) is 7.11 Å². The standard InChI is InChI=1S/C12H12BrNO3/c1-6(15)11-8(12(16)17-2)3-7-9(11)4-14-5-10(7)13/h4-6,15H,3H2,1-2H3/t6-/m1/s1. The average molecular weight is 298 g/mol. The molecule has 1 aliphatic carbocycles. The molecule has 0 spiro atoms. The molecule has 17 heavy (non-hydrogen) atoms.